The first-order chi connectivity index (χ1) is 15.6. The Morgan fingerprint density at radius 3 is 2.34 bits per heavy atom. The third-order valence-electron chi connectivity index (χ3n) is 4.93. The molecule has 0 radical (unpaired) electrons. The first-order valence-electron chi connectivity index (χ1n) is 9.81. The molecule has 8 heteroatoms. The molecule has 3 aromatic carbocycles. The van der Waals surface area contributed by atoms with Crippen LogP contribution in [0.1, 0.15) is 16.1 Å². The van der Waals surface area contributed by atoms with E-state index in [1.165, 1.54) is 27.5 Å². The van der Waals surface area contributed by atoms with Gasteiger partial charge in [-0.05, 0) is 35.0 Å². The molecule has 0 bridgehead atoms. The van der Waals surface area contributed by atoms with Gasteiger partial charge >= 0.3 is 0 Å². The fourth-order valence-electron chi connectivity index (χ4n) is 3.34. The molecule has 4 rings (SSSR count). The Kier molecular flexibility index (Phi) is 6.03. The number of hydrogen-bond donors (Lipinski definition) is 2. The molecule has 162 valence electrons. The second kappa shape index (κ2) is 9.22. The van der Waals surface area contributed by atoms with Gasteiger partial charge in [0.05, 0.1) is 33.2 Å². The summed E-state index contributed by atoms with van der Waals surface area (Å²) < 4.78 is 15.9. The van der Waals surface area contributed by atoms with E-state index in [0.717, 1.165) is 16.3 Å². The van der Waals surface area contributed by atoms with Crippen LogP contribution in [-0.2, 0) is 0 Å². The summed E-state index contributed by atoms with van der Waals surface area (Å²) in [4.78, 5) is 12.5. The number of hydrogen-bond acceptors (Lipinski definition) is 6. The van der Waals surface area contributed by atoms with E-state index < -0.39 is 5.91 Å². The summed E-state index contributed by atoms with van der Waals surface area (Å²) in [7, 11) is 4.60. The third kappa shape index (κ3) is 4.24. The fraction of sp³-hybridized carbons (Fsp3) is 0.125. The van der Waals surface area contributed by atoms with Crippen LogP contribution in [0.2, 0.25) is 0 Å². The van der Waals surface area contributed by atoms with Crippen molar-refractivity contribution in [3.05, 3.63) is 71.9 Å². The molecule has 0 aliphatic heterocycles. The summed E-state index contributed by atoms with van der Waals surface area (Å²) in [6.45, 7) is 0. The van der Waals surface area contributed by atoms with Crippen LogP contribution in [-0.4, -0.2) is 43.6 Å². The number of hydrazone groups is 1. The van der Waals surface area contributed by atoms with Crippen molar-refractivity contribution < 1.29 is 19.0 Å². The Morgan fingerprint density at radius 2 is 1.66 bits per heavy atom. The van der Waals surface area contributed by atoms with Crippen LogP contribution in [0, 0.1) is 0 Å². The van der Waals surface area contributed by atoms with E-state index in [0.29, 0.717) is 34.2 Å². The molecule has 0 fully saturated rings. The zero-order chi connectivity index (χ0) is 22.5. The molecule has 1 amide bonds. The normalized spacial score (nSPS) is 11.0. The van der Waals surface area contributed by atoms with Gasteiger partial charge in [-0.2, -0.15) is 10.2 Å². The largest absolute Gasteiger partial charge is 0.493 e. The molecular formula is C24H22N4O4. The number of aromatic amines is 1. The maximum Gasteiger partial charge on any atom is 0.289 e. The van der Waals surface area contributed by atoms with Gasteiger partial charge < -0.3 is 14.2 Å². The van der Waals surface area contributed by atoms with Gasteiger partial charge in [0.1, 0.15) is 5.69 Å². The van der Waals surface area contributed by atoms with Crippen molar-refractivity contribution >= 4 is 22.9 Å². The van der Waals surface area contributed by atoms with Crippen LogP contribution in [0.4, 0.5) is 0 Å². The summed E-state index contributed by atoms with van der Waals surface area (Å²) in [5.41, 5.74) is 5.05. The highest BCUT2D eigenvalue weighted by atomic mass is 16.5. The number of amides is 1. The predicted molar refractivity (Wildman–Crippen MR) is 123 cm³/mol. The number of carbonyl (C=O) groups is 1. The second-order valence-electron chi connectivity index (χ2n) is 6.89. The SMILES string of the molecule is COc1cc(/C=N\NC(=O)c2cc(-c3ccc4ccccc4c3)n[nH]2)cc(OC)c1OC. The van der Waals surface area contributed by atoms with Gasteiger partial charge in [0, 0.05) is 11.1 Å². The van der Waals surface area contributed by atoms with Gasteiger partial charge in [-0.1, -0.05) is 36.4 Å². The first kappa shape index (κ1) is 20.9. The molecule has 0 saturated carbocycles. The van der Waals surface area contributed by atoms with E-state index in [4.69, 9.17) is 14.2 Å². The van der Waals surface area contributed by atoms with Gasteiger partial charge in [0.15, 0.2) is 11.5 Å². The van der Waals surface area contributed by atoms with Crippen molar-refractivity contribution in [2.75, 3.05) is 21.3 Å². The lowest BCUT2D eigenvalue weighted by Crippen LogP contribution is -2.18. The number of nitrogens with one attached hydrogen (secondary N) is 2. The Balaban J connectivity index is 1.48. The van der Waals surface area contributed by atoms with E-state index in [9.17, 15) is 4.79 Å². The Morgan fingerprint density at radius 1 is 0.938 bits per heavy atom. The molecule has 32 heavy (non-hydrogen) atoms. The minimum Gasteiger partial charge on any atom is -0.493 e. The van der Waals surface area contributed by atoms with Crippen LogP contribution in [0.5, 0.6) is 17.2 Å². The number of carbonyl (C=O) groups excluding carboxylic acids is 1. The highest BCUT2D eigenvalue weighted by Gasteiger charge is 2.13. The van der Waals surface area contributed by atoms with Gasteiger partial charge in [-0.15, -0.1) is 0 Å². The minimum absolute atomic E-state index is 0.301. The minimum atomic E-state index is -0.409. The monoisotopic (exact) mass is 430 g/mol. The number of fused-ring (bicyclic) bond motifs is 1. The number of rotatable bonds is 7. The van der Waals surface area contributed by atoms with E-state index in [2.05, 4.69) is 26.8 Å². The van der Waals surface area contributed by atoms with Crippen LogP contribution in [0.15, 0.2) is 65.8 Å². The number of methoxy groups -OCH3 is 3. The topological polar surface area (TPSA) is 97.8 Å². The molecule has 2 N–H and O–H groups in total. The average Bonchev–Trinajstić information content (AvgIpc) is 3.33. The van der Waals surface area contributed by atoms with E-state index in [1.807, 2.05) is 36.4 Å². The van der Waals surface area contributed by atoms with Gasteiger partial charge in [-0.3, -0.25) is 9.89 Å². The summed E-state index contributed by atoms with van der Waals surface area (Å²) >= 11 is 0. The second-order valence-corrected chi connectivity index (χ2v) is 6.89. The van der Waals surface area contributed by atoms with Crippen molar-refractivity contribution in [1.82, 2.24) is 15.6 Å². The van der Waals surface area contributed by atoms with Gasteiger partial charge in [-0.25, -0.2) is 5.43 Å². The maximum atomic E-state index is 12.5. The lowest BCUT2D eigenvalue weighted by Gasteiger charge is -2.12. The molecule has 0 saturated heterocycles. The van der Waals surface area contributed by atoms with Crippen LogP contribution in [0.3, 0.4) is 0 Å². The lowest BCUT2D eigenvalue weighted by molar-refractivity contribution is 0.0950. The summed E-state index contributed by atoms with van der Waals surface area (Å²) in [6, 6.07) is 19.3. The zero-order valence-corrected chi connectivity index (χ0v) is 17.9. The van der Waals surface area contributed by atoms with E-state index in [1.54, 1.807) is 18.2 Å². The number of benzene rings is 3. The Labute approximate surface area is 184 Å². The summed E-state index contributed by atoms with van der Waals surface area (Å²) in [5, 5.41) is 13.3. The molecule has 1 heterocycles. The smallest absolute Gasteiger partial charge is 0.289 e. The van der Waals surface area contributed by atoms with Crippen molar-refractivity contribution in [2.24, 2.45) is 5.10 Å². The van der Waals surface area contributed by atoms with Crippen molar-refractivity contribution in [1.29, 1.82) is 0 Å². The van der Waals surface area contributed by atoms with Crippen LogP contribution >= 0.6 is 0 Å². The summed E-state index contributed by atoms with van der Waals surface area (Å²) in [5.74, 6) is 1.06. The molecule has 0 spiro atoms. The molecule has 8 nitrogen and oxygen atoms in total. The van der Waals surface area contributed by atoms with E-state index >= 15 is 0 Å². The number of ether oxygens (including phenoxy) is 3. The van der Waals surface area contributed by atoms with Crippen LogP contribution < -0.4 is 19.6 Å². The first-order valence-corrected chi connectivity index (χ1v) is 9.81. The molecule has 0 atom stereocenters. The maximum absolute atomic E-state index is 12.5. The number of aromatic nitrogens is 2. The summed E-state index contributed by atoms with van der Waals surface area (Å²) in [6.07, 6.45) is 1.49. The Bertz CT molecular complexity index is 1270. The van der Waals surface area contributed by atoms with Gasteiger partial charge in [0.25, 0.3) is 5.91 Å². The van der Waals surface area contributed by atoms with Crippen LogP contribution in [0.25, 0.3) is 22.0 Å². The molecular weight excluding hydrogens is 408 g/mol. The standard InChI is InChI=1S/C24H22N4O4/c1-30-21-10-15(11-22(31-2)23(21)32-3)14-25-28-24(29)20-13-19(26-27-20)18-9-8-16-6-4-5-7-17(16)12-18/h4-14H,1-3H3,(H,26,27)(H,28,29)/b25-14-. The lowest BCUT2D eigenvalue weighted by atomic mass is 10.1. The number of H-pyrrole nitrogens is 1. The third-order valence-corrected chi connectivity index (χ3v) is 4.93. The Hall–Kier alpha value is -4.33. The van der Waals surface area contributed by atoms with E-state index in [-0.39, 0.29) is 0 Å². The number of nitrogens with zero attached hydrogens (tertiary/aromatic N) is 2. The quantitative estimate of drug-likeness (QED) is 0.341. The predicted octanol–water partition coefficient (Wildman–Crippen LogP) is 4.02. The average molecular weight is 430 g/mol. The highest BCUT2D eigenvalue weighted by Crippen LogP contribution is 2.37. The molecule has 4 aromatic rings. The molecule has 0 unspecified atom stereocenters. The fourth-order valence-corrected chi connectivity index (χ4v) is 3.34. The van der Waals surface area contributed by atoms with Crippen molar-refractivity contribution in [3.63, 3.8) is 0 Å². The molecule has 1 aromatic heterocycles. The highest BCUT2D eigenvalue weighted by molar-refractivity contribution is 5.95. The molecule has 0 aliphatic rings. The zero-order valence-electron chi connectivity index (χ0n) is 17.9. The van der Waals surface area contributed by atoms with Gasteiger partial charge in [0.2, 0.25) is 5.75 Å². The van der Waals surface area contributed by atoms with Crippen molar-refractivity contribution in [2.45, 2.75) is 0 Å². The molecule has 0 aliphatic carbocycles. The van der Waals surface area contributed by atoms with Crippen molar-refractivity contribution in [3.8, 4) is 28.5 Å².